The lowest BCUT2D eigenvalue weighted by Crippen LogP contribution is -2.35. The van der Waals surface area contributed by atoms with Crippen LogP contribution in [0.1, 0.15) is 24.5 Å². The Hall–Kier alpha value is -1.65. The standard InChI is InChI=1S/C20H24ClNO2S/c1-4-19(25-18-9-6-16(21)7-10-18)20(23)22-11-12-24-17-8-5-14(2)15(3)13-17/h5-10,13,19H,4,11-12H2,1-3H3,(H,22,23)/t19-/m0/s1. The van der Waals surface area contributed by atoms with Crippen molar-refractivity contribution in [3.8, 4) is 5.75 Å². The Bertz CT molecular complexity index is 703. The lowest BCUT2D eigenvalue weighted by molar-refractivity contribution is -0.120. The molecular formula is C20H24ClNO2S. The van der Waals surface area contributed by atoms with Crippen molar-refractivity contribution in [1.29, 1.82) is 0 Å². The average molecular weight is 378 g/mol. The normalized spacial score (nSPS) is 11.8. The zero-order chi connectivity index (χ0) is 18.2. The van der Waals surface area contributed by atoms with E-state index in [1.54, 1.807) is 11.8 Å². The molecule has 2 rings (SSSR count). The van der Waals surface area contributed by atoms with E-state index in [2.05, 4.69) is 19.2 Å². The van der Waals surface area contributed by atoms with Gasteiger partial charge >= 0.3 is 0 Å². The Labute approximate surface area is 159 Å². The fourth-order valence-electron chi connectivity index (χ4n) is 2.26. The maximum absolute atomic E-state index is 12.3. The van der Waals surface area contributed by atoms with Gasteiger partial charge in [-0.1, -0.05) is 24.6 Å². The molecule has 0 aliphatic heterocycles. The van der Waals surface area contributed by atoms with E-state index in [4.69, 9.17) is 16.3 Å². The van der Waals surface area contributed by atoms with Crippen LogP contribution in [0.2, 0.25) is 5.02 Å². The van der Waals surface area contributed by atoms with E-state index < -0.39 is 0 Å². The summed E-state index contributed by atoms with van der Waals surface area (Å²) in [6.45, 7) is 7.09. The average Bonchev–Trinajstić information content (AvgIpc) is 2.61. The van der Waals surface area contributed by atoms with Gasteiger partial charge in [0.2, 0.25) is 5.91 Å². The van der Waals surface area contributed by atoms with Crippen molar-refractivity contribution in [2.24, 2.45) is 0 Å². The number of carbonyl (C=O) groups excluding carboxylic acids is 1. The van der Waals surface area contributed by atoms with Gasteiger partial charge in [-0.05, 0) is 67.8 Å². The summed E-state index contributed by atoms with van der Waals surface area (Å²) in [5, 5.41) is 3.53. The summed E-state index contributed by atoms with van der Waals surface area (Å²) in [7, 11) is 0. The largest absolute Gasteiger partial charge is 0.492 e. The first-order valence-electron chi connectivity index (χ1n) is 8.39. The second kappa shape index (κ2) is 9.73. The van der Waals surface area contributed by atoms with Crippen LogP contribution in [0.15, 0.2) is 47.4 Å². The van der Waals surface area contributed by atoms with E-state index in [1.807, 2.05) is 49.4 Å². The number of amides is 1. The Morgan fingerprint density at radius 2 is 1.88 bits per heavy atom. The summed E-state index contributed by atoms with van der Waals surface area (Å²) in [6.07, 6.45) is 0.761. The fraction of sp³-hybridized carbons (Fsp3) is 0.350. The fourth-order valence-corrected chi connectivity index (χ4v) is 3.37. The van der Waals surface area contributed by atoms with Gasteiger partial charge in [0.25, 0.3) is 0 Å². The van der Waals surface area contributed by atoms with Gasteiger partial charge in [-0.3, -0.25) is 4.79 Å². The molecule has 3 nitrogen and oxygen atoms in total. The van der Waals surface area contributed by atoms with Gasteiger partial charge < -0.3 is 10.1 Å². The van der Waals surface area contributed by atoms with E-state index in [1.165, 1.54) is 11.1 Å². The van der Waals surface area contributed by atoms with Crippen LogP contribution in [-0.4, -0.2) is 24.3 Å². The summed E-state index contributed by atoms with van der Waals surface area (Å²) >= 11 is 7.45. The van der Waals surface area contributed by atoms with Crippen molar-refractivity contribution in [1.82, 2.24) is 5.32 Å². The molecule has 2 aromatic rings. The van der Waals surface area contributed by atoms with Crippen molar-refractivity contribution < 1.29 is 9.53 Å². The van der Waals surface area contributed by atoms with Gasteiger partial charge in [0.15, 0.2) is 0 Å². The number of benzene rings is 2. The first-order valence-corrected chi connectivity index (χ1v) is 9.65. The molecule has 0 spiro atoms. The molecule has 5 heteroatoms. The van der Waals surface area contributed by atoms with Crippen LogP contribution in [0.5, 0.6) is 5.75 Å². The highest BCUT2D eigenvalue weighted by atomic mass is 35.5. The number of nitrogens with one attached hydrogen (secondary N) is 1. The molecule has 0 radical (unpaired) electrons. The molecule has 0 saturated carbocycles. The summed E-state index contributed by atoms with van der Waals surface area (Å²) in [5.74, 6) is 0.867. The number of aryl methyl sites for hydroxylation is 2. The Kier molecular flexibility index (Phi) is 7.66. The van der Waals surface area contributed by atoms with Crippen LogP contribution in [0, 0.1) is 13.8 Å². The first kappa shape index (κ1) is 19.7. The van der Waals surface area contributed by atoms with E-state index in [9.17, 15) is 4.79 Å². The highest BCUT2D eigenvalue weighted by Crippen LogP contribution is 2.26. The topological polar surface area (TPSA) is 38.3 Å². The molecule has 1 amide bonds. The molecular weight excluding hydrogens is 354 g/mol. The lowest BCUT2D eigenvalue weighted by atomic mass is 10.1. The predicted molar refractivity (Wildman–Crippen MR) is 106 cm³/mol. The van der Waals surface area contributed by atoms with Crippen molar-refractivity contribution >= 4 is 29.3 Å². The number of carbonyl (C=O) groups is 1. The maximum atomic E-state index is 12.3. The number of hydrogen-bond donors (Lipinski definition) is 1. The van der Waals surface area contributed by atoms with Crippen molar-refractivity contribution in [3.05, 3.63) is 58.6 Å². The molecule has 1 N–H and O–H groups in total. The van der Waals surface area contributed by atoms with Crippen LogP contribution in [0.4, 0.5) is 0 Å². The second-order valence-electron chi connectivity index (χ2n) is 5.85. The van der Waals surface area contributed by atoms with Gasteiger partial charge in [-0.25, -0.2) is 0 Å². The van der Waals surface area contributed by atoms with E-state index in [0.717, 1.165) is 17.1 Å². The molecule has 0 aliphatic rings. The molecule has 0 unspecified atom stereocenters. The first-order chi connectivity index (χ1) is 12.0. The van der Waals surface area contributed by atoms with Crippen molar-refractivity contribution in [2.45, 2.75) is 37.3 Å². The molecule has 0 heterocycles. The van der Waals surface area contributed by atoms with E-state index in [0.29, 0.717) is 18.2 Å². The highest BCUT2D eigenvalue weighted by Gasteiger charge is 2.17. The summed E-state index contributed by atoms with van der Waals surface area (Å²) in [5.41, 5.74) is 2.44. The number of rotatable bonds is 8. The van der Waals surface area contributed by atoms with Crippen molar-refractivity contribution in [2.75, 3.05) is 13.2 Å². The van der Waals surface area contributed by atoms with Gasteiger partial charge in [0.05, 0.1) is 11.8 Å². The molecule has 1 atom stereocenters. The molecule has 0 aliphatic carbocycles. The Balaban J connectivity index is 1.77. The number of ether oxygens (including phenoxy) is 1. The third-order valence-electron chi connectivity index (χ3n) is 3.90. The minimum absolute atomic E-state index is 0.0335. The molecule has 25 heavy (non-hydrogen) atoms. The van der Waals surface area contributed by atoms with Gasteiger partial charge in [-0.2, -0.15) is 0 Å². The molecule has 134 valence electrons. The third-order valence-corrected chi connectivity index (χ3v) is 5.53. The minimum Gasteiger partial charge on any atom is -0.492 e. The zero-order valence-electron chi connectivity index (χ0n) is 14.8. The SMILES string of the molecule is CC[C@H](Sc1ccc(Cl)cc1)C(=O)NCCOc1ccc(C)c(C)c1. The summed E-state index contributed by atoms with van der Waals surface area (Å²) in [4.78, 5) is 13.4. The minimum atomic E-state index is -0.122. The van der Waals surface area contributed by atoms with Gasteiger partial charge in [0, 0.05) is 9.92 Å². The van der Waals surface area contributed by atoms with Crippen molar-refractivity contribution in [3.63, 3.8) is 0 Å². The molecule has 0 aromatic heterocycles. The molecule has 0 bridgehead atoms. The van der Waals surface area contributed by atoms with Gasteiger partial charge in [0.1, 0.15) is 12.4 Å². The number of hydrogen-bond acceptors (Lipinski definition) is 3. The van der Waals surface area contributed by atoms with E-state index in [-0.39, 0.29) is 11.2 Å². The molecule has 0 saturated heterocycles. The quantitative estimate of drug-likeness (QED) is 0.518. The Morgan fingerprint density at radius 1 is 1.16 bits per heavy atom. The monoisotopic (exact) mass is 377 g/mol. The predicted octanol–water partition coefficient (Wildman–Crippen LogP) is 5.02. The van der Waals surface area contributed by atoms with E-state index >= 15 is 0 Å². The van der Waals surface area contributed by atoms with Crippen LogP contribution < -0.4 is 10.1 Å². The Morgan fingerprint density at radius 3 is 2.52 bits per heavy atom. The molecule has 0 fully saturated rings. The van der Waals surface area contributed by atoms with Crippen LogP contribution in [0.25, 0.3) is 0 Å². The van der Waals surface area contributed by atoms with Gasteiger partial charge in [-0.15, -0.1) is 11.8 Å². The van der Waals surface area contributed by atoms with Crippen LogP contribution in [-0.2, 0) is 4.79 Å². The number of halogens is 1. The molecule has 2 aromatic carbocycles. The summed E-state index contributed by atoms with van der Waals surface area (Å²) < 4.78 is 5.70. The highest BCUT2D eigenvalue weighted by molar-refractivity contribution is 8.00. The zero-order valence-corrected chi connectivity index (χ0v) is 16.4. The van der Waals surface area contributed by atoms with Crippen LogP contribution >= 0.6 is 23.4 Å². The summed E-state index contributed by atoms with van der Waals surface area (Å²) in [6, 6.07) is 13.6. The van der Waals surface area contributed by atoms with Crippen LogP contribution in [0.3, 0.4) is 0 Å². The smallest absolute Gasteiger partial charge is 0.233 e. The maximum Gasteiger partial charge on any atom is 0.233 e. The number of thioether (sulfide) groups is 1. The second-order valence-corrected chi connectivity index (χ2v) is 7.57. The lowest BCUT2D eigenvalue weighted by Gasteiger charge is -2.15. The third kappa shape index (κ3) is 6.29.